The molecule has 1 fully saturated rings. The van der Waals surface area contributed by atoms with Gasteiger partial charge < -0.3 is 10.6 Å². The number of nitrogens with one attached hydrogen (secondary N) is 2. The number of rotatable bonds is 4. The highest BCUT2D eigenvalue weighted by Gasteiger charge is 2.21. The van der Waals surface area contributed by atoms with Crippen LogP contribution in [0.4, 0.5) is 5.69 Å². The molecule has 0 aliphatic carbocycles. The van der Waals surface area contributed by atoms with Crippen LogP contribution in [0.15, 0.2) is 24.3 Å². The zero-order chi connectivity index (χ0) is 13.7. The Morgan fingerprint density at radius 1 is 1.37 bits per heavy atom. The second-order valence-corrected chi connectivity index (χ2v) is 6.57. The van der Waals surface area contributed by atoms with Gasteiger partial charge in [-0.05, 0) is 84.6 Å². The van der Waals surface area contributed by atoms with E-state index < -0.39 is 0 Å². The van der Waals surface area contributed by atoms with E-state index in [9.17, 15) is 4.79 Å². The van der Waals surface area contributed by atoms with Crippen LogP contribution in [0.3, 0.4) is 0 Å². The first-order valence-corrected chi connectivity index (χ1v) is 7.99. The normalized spacial score (nSPS) is 18.0. The molecule has 1 aromatic carbocycles. The van der Waals surface area contributed by atoms with Crippen LogP contribution >= 0.6 is 22.6 Å². The van der Waals surface area contributed by atoms with Gasteiger partial charge in [0, 0.05) is 15.7 Å². The highest BCUT2D eigenvalue weighted by atomic mass is 127. The van der Waals surface area contributed by atoms with Crippen LogP contribution in [-0.2, 0) is 4.79 Å². The Morgan fingerprint density at radius 2 is 2.00 bits per heavy atom. The van der Waals surface area contributed by atoms with Gasteiger partial charge in [0.05, 0.1) is 0 Å². The number of carbonyl (C=O) groups excluding carboxylic acids is 1. The molecule has 1 saturated heterocycles. The predicted molar refractivity (Wildman–Crippen MR) is 87.2 cm³/mol. The lowest BCUT2D eigenvalue weighted by Crippen LogP contribution is -2.32. The van der Waals surface area contributed by atoms with Gasteiger partial charge in [-0.3, -0.25) is 4.79 Å². The first-order chi connectivity index (χ1) is 9.15. The maximum Gasteiger partial charge on any atom is 0.224 e. The van der Waals surface area contributed by atoms with E-state index in [1.54, 1.807) is 0 Å². The van der Waals surface area contributed by atoms with Crippen molar-refractivity contribution in [3.8, 4) is 0 Å². The molecular weight excluding hydrogens is 351 g/mol. The van der Waals surface area contributed by atoms with Crippen molar-refractivity contribution >= 4 is 34.2 Å². The minimum atomic E-state index is 0.132. The number of hydrogen-bond donors (Lipinski definition) is 2. The molecule has 2 rings (SSSR count). The van der Waals surface area contributed by atoms with Crippen LogP contribution in [0.5, 0.6) is 0 Å². The summed E-state index contributed by atoms with van der Waals surface area (Å²) in [7, 11) is 0. The maximum absolute atomic E-state index is 12.0. The lowest BCUT2D eigenvalue weighted by Gasteiger charge is -2.27. The highest BCUT2D eigenvalue weighted by molar-refractivity contribution is 14.1. The molecule has 0 radical (unpaired) electrons. The summed E-state index contributed by atoms with van der Waals surface area (Å²) in [5, 5.41) is 6.35. The Bertz CT molecular complexity index is 413. The summed E-state index contributed by atoms with van der Waals surface area (Å²) in [5.41, 5.74) is 0.892. The van der Waals surface area contributed by atoms with Gasteiger partial charge in [0.2, 0.25) is 5.91 Å². The average Bonchev–Trinajstić information content (AvgIpc) is 2.42. The van der Waals surface area contributed by atoms with Crippen molar-refractivity contribution in [1.29, 1.82) is 0 Å². The van der Waals surface area contributed by atoms with E-state index in [0.29, 0.717) is 18.3 Å². The van der Waals surface area contributed by atoms with Gasteiger partial charge in [-0.25, -0.2) is 0 Å². The molecule has 3 nitrogen and oxygen atoms in total. The van der Waals surface area contributed by atoms with Crippen LogP contribution in [0, 0.1) is 15.4 Å². The van der Waals surface area contributed by atoms with Gasteiger partial charge in [-0.15, -0.1) is 0 Å². The van der Waals surface area contributed by atoms with Crippen molar-refractivity contribution in [1.82, 2.24) is 5.32 Å². The van der Waals surface area contributed by atoms with Gasteiger partial charge in [0.25, 0.3) is 0 Å². The quantitative estimate of drug-likeness (QED) is 0.797. The maximum atomic E-state index is 12.0. The number of amides is 1. The summed E-state index contributed by atoms with van der Waals surface area (Å²) in [6, 6.07) is 7.92. The Kier molecular flexibility index (Phi) is 5.63. The minimum absolute atomic E-state index is 0.132. The third-order valence-electron chi connectivity index (χ3n) is 3.82. The fourth-order valence-corrected chi connectivity index (χ4v) is 2.98. The molecule has 0 spiro atoms. The van der Waals surface area contributed by atoms with Crippen molar-refractivity contribution in [2.45, 2.75) is 26.2 Å². The van der Waals surface area contributed by atoms with Gasteiger partial charge in [-0.1, -0.05) is 6.92 Å². The molecule has 1 atom stereocenters. The molecule has 1 amide bonds. The van der Waals surface area contributed by atoms with E-state index in [0.717, 1.165) is 18.8 Å². The summed E-state index contributed by atoms with van der Waals surface area (Å²) in [6.07, 6.45) is 3.01. The van der Waals surface area contributed by atoms with Crippen LogP contribution < -0.4 is 10.6 Å². The second-order valence-electron chi connectivity index (χ2n) is 5.32. The lowest BCUT2D eigenvalue weighted by atomic mass is 9.84. The van der Waals surface area contributed by atoms with E-state index in [1.807, 2.05) is 24.3 Å². The number of anilines is 1. The third-order valence-corrected chi connectivity index (χ3v) is 4.54. The molecule has 0 bridgehead atoms. The van der Waals surface area contributed by atoms with Gasteiger partial charge in [0.15, 0.2) is 0 Å². The Balaban J connectivity index is 1.81. The van der Waals surface area contributed by atoms with Crippen LogP contribution in [-0.4, -0.2) is 19.0 Å². The number of benzene rings is 1. The molecule has 1 heterocycles. The predicted octanol–water partition coefficient (Wildman–Crippen LogP) is 3.26. The Hall–Kier alpha value is -0.620. The van der Waals surface area contributed by atoms with Gasteiger partial charge in [0.1, 0.15) is 0 Å². The molecule has 0 saturated carbocycles. The monoisotopic (exact) mass is 372 g/mol. The Labute approximate surface area is 128 Å². The summed E-state index contributed by atoms with van der Waals surface area (Å²) in [4.78, 5) is 12.0. The summed E-state index contributed by atoms with van der Waals surface area (Å²) >= 11 is 2.26. The first-order valence-electron chi connectivity index (χ1n) is 6.91. The van der Waals surface area contributed by atoms with Crippen LogP contribution in [0.1, 0.15) is 26.2 Å². The third kappa shape index (κ3) is 4.76. The van der Waals surface area contributed by atoms with Crippen molar-refractivity contribution in [2.24, 2.45) is 11.8 Å². The molecule has 2 N–H and O–H groups in total. The van der Waals surface area contributed by atoms with Crippen molar-refractivity contribution < 1.29 is 4.79 Å². The molecule has 1 aliphatic rings. The number of hydrogen-bond acceptors (Lipinski definition) is 2. The molecule has 1 aliphatic heterocycles. The first kappa shape index (κ1) is 14.8. The van der Waals surface area contributed by atoms with Crippen molar-refractivity contribution in [2.75, 3.05) is 18.4 Å². The SMILES string of the molecule is CC(CC(=O)Nc1ccc(I)cc1)C1CCNCC1. The summed E-state index contributed by atoms with van der Waals surface area (Å²) in [6.45, 7) is 4.38. The summed E-state index contributed by atoms with van der Waals surface area (Å²) in [5.74, 6) is 1.28. The number of halogens is 1. The van der Waals surface area contributed by atoms with E-state index in [1.165, 1.54) is 16.4 Å². The van der Waals surface area contributed by atoms with Crippen LogP contribution in [0.2, 0.25) is 0 Å². The average molecular weight is 372 g/mol. The fraction of sp³-hybridized carbons (Fsp3) is 0.533. The standard InChI is InChI=1S/C15H21IN2O/c1-11(12-6-8-17-9-7-12)10-15(19)18-14-4-2-13(16)3-5-14/h2-5,11-12,17H,6-10H2,1H3,(H,18,19). The number of carbonyl (C=O) groups is 1. The largest absolute Gasteiger partial charge is 0.326 e. The number of piperidine rings is 1. The molecule has 1 aromatic rings. The van der Waals surface area contributed by atoms with E-state index in [-0.39, 0.29) is 5.91 Å². The molecule has 1 unspecified atom stereocenters. The van der Waals surface area contributed by atoms with Crippen LogP contribution in [0.25, 0.3) is 0 Å². The molecule has 0 aromatic heterocycles. The van der Waals surface area contributed by atoms with E-state index >= 15 is 0 Å². The van der Waals surface area contributed by atoms with E-state index in [4.69, 9.17) is 0 Å². The fourth-order valence-electron chi connectivity index (χ4n) is 2.62. The van der Waals surface area contributed by atoms with Gasteiger partial charge in [-0.2, -0.15) is 0 Å². The molecule has 19 heavy (non-hydrogen) atoms. The molecular formula is C15H21IN2O. The van der Waals surface area contributed by atoms with E-state index in [2.05, 4.69) is 40.1 Å². The zero-order valence-electron chi connectivity index (χ0n) is 11.3. The lowest BCUT2D eigenvalue weighted by molar-refractivity contribution is -0.117. The van der Waals surface area contributed by atoms with Crippen molar-refractivity contribution in [3.05, 3.63) is 27.8 Å². The highest BCUT2D eigenvalue weighted by Crippen LogP contribution is 2.24. The molecule has 104 valence electrons. The molecule has 4 heteroatoms. The van der Waals surface area contributed by atoms with Gasteiger partial charge >= 0.3 is 0 Å². The zero-order valence-corrected chi connectivity index (χ0v) is 13.4. The topological polar surface area (TPSA) is 41.1 Å². The smallest absolute Gasteiger partial charge is 0.224 e. The van der Waals surface area contributed by atoms with Crippen molar-refractivity contribution in [3.63, 3.8) is 0 Å². The Morgan fingerprint density at radius 3 is 2.63 bits per heavy atom. The minimum Gasteiger partial charge on any atom is -0.326 e. The second kappa shape index (κ2) is 7.24. The summed E-state index contributed by atoms with van der Waals surface area (Å²) < 4.78 is 1.18.